The summed E-state index contributed by atoms with van der Waals surface area (Å²) in [5.74, 6) is 1.63. The van der Waals surface area contributed by atoms with Crippen LogP contribution in [-0.4, -0.2) is 34.4 Å². The standard InChI is InChI=1S/C15H18N4OS/c1-10-17-11(9-14(16-2)18-10)12-5-3-7-19(12)15(20)13-6-4-8-21-13/h4,6,8-9,12H,3,5,7H2,1-2H3,(H,16,17,18)/t12-/m1/s1. The fourth-order valence-electron chi connectivity index (χ4n) is 2.75. The van der Waals surface area contributed by atoms with Gasteiger partial charge in [0, 0.05) is 19.7 Å². The average Bonchev–Trinajstić information content (AvgIpc) is 3.17. The highest BCUT2D eigenvalue weighted by Gasteiger charge is 2.32. The molecule has 1 amide bonds. The van der Waals surface area contributed by atoms with Crippen LogP contribution in [0.25, 0.3) is 0 Å². The zero-order valence-corrected chi connectivity index (χ0v) is 13.0. The summed E-state index contributed by atoms with van der Waals surface area (Å²) in [5.41, 5.74) is 0.925. The van der Waals surface area contributed by atoms with E-state index in [4.69, 9.17) is 0 Å². The molecular weight excluding hydrogens is 284 g/mol. The van der Waals surface area contributed by atoms with E-state index in [0.29, 0.717) is 0 Å². The molecule has 0 saturated carbocycles. The summed E-state index contributed by atoms with van der Waals surface area (Å²) < 4.78 is 0. The molecule has 1 aliphatic heterocycles. The van der Waals surface area contributed by atoms with Gasteiger partial charge < -0.3 is 10.2 Å². The number of thiophene rings is 1. The van der Waals surface area contributed by atoms with Crippen LogP contribution < -0.4 is 5.32 Å². The molecule has 0 spiro atoms. The first-order valence-corrected chi connectivity index (χ1v) is 7.95. The molecule has 110 valence electrons. The van der Waals surface area contributed by atoms with Gasteiger partial charge in [-0.15, -0.1) is 11.3 Å². The number of hydrogen-bond acceptors (Lipinski definition) is 5. The summed E-state index contributed by atoms with van der Waals surface area (Å²) in [6.07, 6.45) is 1.97. The van der Waals surface area contributed by atoms with Gasteiger partial charge in [-0.1, -0.05) is 6.07 Å². The highest BCUT2D eigenvalue weighted by Crippen LogP contribution is 2.33. The van der Waals surface area contributed by atoms with Crippen molar-refractivity contribution in [3.8, 4) is 0 Å². The molecule has 3 rings (SSSR count). The molecule has 5 nitrogen and oxygen atoms in total. The Bertz CT molecular complexity index is 641. The molecule has 21 heavy (non-hydrogen) atoms. The number of nitrogens with one attached hydrogen (secondary N) is 1. The fraction of sp³-hybridized carbons (Fsp3) is 0.400. The SMILES string of the molecule is CNc1cc([C@H]2CCCN2C(=O)c2cccs2)nc(C)n1. The van der Waals surface area contributed by atoms with Gasteiger partial charge in [0.1, 0.15) is 11.6 Å². The van der Waals surface area contributed by atoms with E-state index in [1.807, 2.05) is 42.5 Å². The van der Waals surface area contributed by atoms with Gasteiger partial charge in [0.2, 0.25) is 0 Å². The monoisotopic (exact) mass is 302 g/mol. The number of nitrogens with zero attached hydrogens (tertiary/aromatic N) is 3. The predicted molar refractivity (Wildman–Crippen MR) is 83.6 cm³/mol. The third-order valence-corrected chi connectivity index (χ3v) is 4.56. The number of carbonyl (C=O) groups is 1. The summed E-state index contributed by atoms with van der Waals surface area (Å²) in [6.45, 7) is 2.67. The second-order valence-corrected chi connectivity index (χ2v) is 6.06. The maximum absolute atomic E-state index is 12.6. The maximum atomic E-state index is 12.6. The van der Waals surface area contributed by atoms with Crippen molar-refractivity contribution in [2.75, 3.05) is 18.9 Å². The summed E-state index contributed by atoms with van der Waals surface area (Å²) >= 11 is 1.49. The smallest absolute Gasteiger partial charge is 0.264 e. The second kappa shape index (κ2) is 5.81. The number of carbonyl (C=O) groups excluding carboxylic acids is 1. The molecule has 1 atom stereocenters. The minimum Gasteiger partial charge on any atom is -0.373 e. The summed E-state index contributed by atoms with van der Waals surface area (Å²) in [6, 6.07) is 5.79. The topological polar surface area (TPSA) is 58.1 Å². The van der Waals surface area contributed by atoms with Gasteiger partial charge in [0.15, 0.2) is 0 Å². The Labute approximate surface area is 128 Å². The van der Waals surface area contributed by atoms with Crippen molar-refractivity contribution in [2.24, 2.45) is 0 Å². The number of likely N-dealkylation sites (tertiary alicyclic amines) is 1. The first kappa shape index (κ1) is 14.0. The first-order chi connectivity index (χ1) is 10.2. The van der Waals surface area contributed by atoms with Crippen LogP contribution in [0.2, 0.25) is 0 Å². The number of aromatic nitrogens is 2. The van der Waals surface area contributed by atoms with Crippen molar-refractivity contribution in [1.29, 1.82) is 0 Å². The van der Waals surface area contributed by atoms with Crippen molar-refractivity contribution in [1.82, 2.24) is 14.9 Å². The lowest BCUT2D eigenvalue weighted by molar-refractivity contribution is 0.0737. The van der Waals surface area contributed by atoms with Crippen LogP contribution in [0.5, 0.6) is 0 Å². The van der Waals surface area contributed by atoms with E-state index in [-0.39, 0.29) is 11.9 Å². The summed E-state index contributed by atoms with van der Waals surface area (Å²) in [7, 11) is 1.84. The van der Waals surface area contributed by atoms with Crippen molar-refractivity contribution < 1.29 is 4.79 Å². The number of anilines is 1. The maximum Gasteiger partial charge on any atom is 0.264 e. The Morgan fingerprint density at radius 1 is 1.48 bits per heavy atom. The zero-order valence-electron chi connectivity index (χ0n) is 12.2. The molecule has 2 aromatic rings. The Morgan fingerprint density at radius 2 is 2.33 bits per heavy atom. The van der Waals surface area contributed by atoms with E-state index in [1.165, 1.54) is 11.3 Å². The average molecular weight is 302 g/mol. The lowest BCUT2D eigenvalue weighted by Gasteiger charge is -2.24. The van der Waals surface area contributed by atoms with E-state index in [1.54, 1.807) is 0 Å². The number of hydrogen-bond donors (Lipinski definition) is 1. The fourth-order valence-corrected chi connectivity index (χ4v) is 3.43. The van der Waals surface area contributed by atoms with Gasteiger partial charge in [-0.25, -0.2) is 9.97 Å². The normalized spacial score (nSPS) is 18.0. The molecule has 0 aromatic carbocycles. The lowest BCUT2D eigenvalue weighted by Crippen LogP contribution is -2.30. The van der Waals surface area contributed by atoms with Gasteiger partial charge >= 0.3 is 0 Å². The molecule has 6 heteroatoms. The highest BCUT2D eigenvalue weighted by atomic mass is 32.1. The molecule has 3 heterocycles. The third kappa shape index (κ3) is 2.76. The van der Waals surface area contributed by atoms with Crippen LogP contribution in [-0.2, 0) is 0 Å². The minimum atomic E-state index is 0.0494. The number of amides is 1. The van der Waals surface area contributed by atoms with Crippen LogP contribution in [0.4, 0.5) is 5.82 Å². The van der Waals surface area contributed by atoms with E-state index in [9.17, 15) is 4.79 Å². The van der Waals surface area contributed by atoms with E-state index < -0.39 is 0 Å². The van der Waals surface area contributed by atoms with E-state index in [2.05, 4.69) is 15.3 Å². The molecule has 1 aliphatic rings. The van der Waals surface area contributed by atoms with Gasteiger partial charge in [-0.2, -0.15) is 0 Å². The number of rotatable bonds is 3. The quantitative estimate of drug-likeness (QED) is 0.947. The molecule has 2 aromatic heterocycles. The minimum absolute atomic E-state index is 0.0494. The van der Waals surface area contributed by atoms with Gasteiger partial charge in [0.25, 0.3) is 5.91 Å². The van der Waals surface area contributed by atoms with Crippen molar-refractivity contribution >= 4 is 23.1 Å². The number of aryl methyl sites for hydroxylation is 1. The van der Waals surface area contributed by atoms with Crippen molar-refractivity contribution in [2.45, 2.75) is 25.8 Å². The molecular formula is C15H18N4OS. The molecule has 0 unspecified atom stereocenters. The third-order valence-electron chi connectivity index (χ3n) is 3.70. The Balaban J connectivity index is 1.90. The van der Waals surface area contributed by atoms with Crippen molar-refractivity contribution in [3.05, 3.63) is 40.0 Å². The molecule has 0 bridgehead atoms. The molecule has 1 N–H and O–H groups in total. The second-order valence-electron chi connectivity index (χ2n) is 5.11. The summed E-state index contributed by atoms with van der Waals surface area (Å²) in [5, 5.41) is 4.99. The Hall–Kier alpha value is -1.95. The summed E-state index contributed by atoms with van der Waals surface area (Å²) in [4.78, 5) is 24.2. The first-order valence-electron chi connectivity index (χ1n) is 7.07. The van der Waals surface area contributed by atoms with Crippen LogP contribution in [0.1, 0.15) is 40.1 Å². The zero-order chi connectivity index (χ0) is 14.8. The molecule has 1 saturated heterocycles. The van der Waals surface area contributed by atoms with Crippen LogP contribution in [0.15, 0.2) is 23.6 Å². The highest BCUT2D eigenvalue weighted by molar-refractivity contribution is 7.12. The van der Waals surface area contributed by atoms with Gasteiger partial charge in [-0.3, -0.25) is 4.79 Å². The van der Waals surface area contributed by atoms with Gasteiger partial charge in [0.05, 0.1) is 16.6 Å². The molecule has 1 fully saturated rings. The van der Waals surface area contributed by atoms with E-state index in [0.717, 1.165) is 41.6 Å². The Morgan fingerprint density at radius 3 is 3.05 bits per heavy atom. The van der Waals surface area contributed by atoms with Gasteiger partial charge in [-0.05, 0) is 31.2 Å². The Kier molecular flexibility index (Phi) is 3.88. The van der Waals surface area contributed by atoms with Crippen LogP contribution >= 0.6 is 11.3 Å². The molecule has 0 aliphatic carbocycles. The van der Waals surface area contributed by atoms with Crippen LogP contribution in [0, 0.1) is 6.92 Å². The predicted octanol–water partition coefficient (Wildman–Crippen LogP) is 2.87. The molecule has 0 radical (unpaired) electrons. The van der Waals surface area contributed by atoms with Crippen molar-refractivity contribution in [3.63, 3.8) is 0 Å². The van der Waals surface area contributed by atoms with Crippen LogP contribution in [0.3, 0.4) is 0 Å². The van der Waals surface area contributed by atoms with E-state index >= 15 is 0 Å². The largest absolute Gasteiger partial charge is 0.373 e. The lowest BCUT2D eigenvalue weighted by atomic mass is 10.1.